The number of hydrogen-bond acceptors (Lipinski definition) is 4. The molecule has 5 heteroatoms. The van der Waals surface area contributed by atoms with Crippen molar-refractivity contribution < 1.29 is 14.2 Å². The fourth-order valence-corrected chi connectivity index (χ4v) is 2.39. The van der Waals surface area contributed by atoms with Crippen molar-refractivity contribution >= 4 is 11.6 Å². The van der Waals surface area contributed by atoms with Crippen LogP contribution >= 0.6 is 11.6 Å². The topological polar surface area (TPSA) is 39.7 Å². The van der Waals surface area contributed by atoms with Crippen molar-refractivity contribution in [3.05, 3.63) is 52.5 Å². The summed E-state index contributed by atoms with van der Waals surface area (Å²) < 4.78 is 17.2. The fraction of sp³-hybridized carbons (Fsp3) is 0.368. The van der Waals surface area contributed by atoms with E-state index >= 15 is 0 Å². The third kappa shape index (κ3) is 5.32. The molecule has 0 saturated heterocycles. The fourth-order valence-electron chi connectivity index (χ4n) is 2.27. The molecule has 0 heterocycles. The number of ether oxygens (including phenoxy) is 3. The van der Waals surface area contributed by atoms with E-state index in [9.17, 15) is 0 Å². The zero-order valence-electron chi connectivity index (χ0n) is 14.4. The molecule has 130 valence electrons. The minimum atomic E-state index is 0.438. The second kappa shape index (κ2) is 9.40. The van der Waals surface area contributed by atoms with Crippen molar-refractivity contribution in [2.75, 3.05) is 26.9 Å². The first-order valence-corrected chi connectivity index (χ1v) is 8.44. The third-order valence-corrected chi connectivity index (χ3v) is 3.85. The molecule has 0 radical (unpaired) electrons. The molecule has 24 heavy (non-hydrogen) atoms. The van der Waals surface area contributed by atoms with Gasteiger partial charge in [0.25, 0.3) is 0 Å². The van der Waals surface area contributed by atoms with E-state index < -0.39 is 0 Å². The van der Waals surface area contributed by atoms with Gasteiger partial charge in [0.15, 0.2) is 11.5 Å². The molecular formula is C19H24ClNO3. The number of aryl methyl sites for hydroxylation is 1. The molecule has 2 rings (SSSR count). The van der Waals surface area contributed by atoms with Crippen LogP contribution in [0.4, 0.5) is 0 Å². The molecular weight excluding hydrogens is 326 g/mol. The van der Waals surface area contributed by atoms with Crippen molar-refractivity contribution in [2.45, 2.75) is 20.4 Å². The number of halogens is 1. The van der Waals surface area contributed by atoms with Gasteiger partial charge in [-0.05, 0) is 62.4 Å². The highest BCUT2D eigenvalue weighted by atomic mass is 35.5. The van der Waals surface area contributed by atoms with Gasteiger partial charge in [0.1, 0.15) is 19.0 Å². The molecule has 0 aliphatic rings. The summed E-state index contributed by atoms with van der Waals surface area (Å²) in [6.07, 6.45) is 0. The second-order valence-electron chi connectivity index (χ2n) is 5.35. The molecule has 0 aliphatic carbocycles. The van der Waals surface area contributed by atoms with Crippen molar-refractivity contribution in [1.29, 1.82) is 0 Å². The molecule has 2 aromatic carbocycles. The van der Waals surface area contributed by atoms with Crippen molar-refractivity contribution in [2.24, 2.45) is 0 Å². The molecule has 2 aromatic rings. The highest BCUT2D eigenvalue weighted by Crippen LogP contribution is 2.28. The predicted molar refractivity (Wildman–Crippen MR) is 97.6 cm³/mol. The normalized spacial score (nSPS) is 10.5. The van der Waals surface area contributed by atoms with E-state index in [-0.39, 0.29) is 0 Å². The van der Waals surface area contributed by atoms with Crippen LogP contribution in [0.25, 0.3) is 0 Å². The molecule has 0 amide bonds. The average molecular weight is 350 g/mol. The molecule has 0 aliphatic heterocycles. The average Bonchev–Trinajstić information content (AvgIpc) is 2.57. The molecule has 0 bridgehead atoms. The van der Waals surface area contributed by atoms with E-state index in [4.69, 9.17) is 25.8 Å². The standard InChI is InChI=1S/C19H24ClNO3/c1-4-22-19-12-15(13-21-3)5-8-18(19)24-10-9-23-16-6-7-17(20)14(2)11-16/h5-8,11-12,21H,4,9-10,13H2,1-3H3. The van der Waals surface area contributed by atoms with Gasteiger partial charge in [0.2, 0.25) is 0 Å². The first-order valence-electron chi connectivity index (χ1n) is 8.06. The van der Waals surface area contributed by atoms with Crippen LogP contribution < -0.4 is 19.5 Å². The Morgan fingerprint density at radius 1 is 0.958 bits per heavy atom. The van der Waals surface area contributed by atoms with Gasteiger partial charge < -0.3 is 19.5 Å². The summed E-state index contributed by atoms with van der Waals surface area (Å²) in [7, 11) is 1.92. The van der Waals surface area contributed by atoms with E-state index in [0.717, 1.165) is 39.9 Å². The lowest BCUT2D eigenvalue weighted by molar-refractivity contribution is 0.208. The third-order valence-electron chi connectivity index (χ3n) is 3.43. The summed E-state index contributed by atoms with van der Waals surface area (Å²) in [5.41, 5.74) is 2.15. The number of hydrogen-bond donors (Lipinski definition) is 1. The Morgan fingerprint density at radius 2 is 1.75 bits per heavy atom. The molecule has 0 atom stereocenters. The van der Waals surface area contributed by atoms with Crippen LogP contribution in [0, 0.1) is 6.92 Å². The SMILES string of the molecule is CCOc1cc(CNC)ccc1OCCOc1ccc(Cl)c(C)c1. The number of nitrogens with one attached hydrogen (secondary N) is 1. The molecule has 4 nitrogen and oxygen atoms in total. The van der Waals surface area contributed by atoms with Crippen LogP contribution in [0.15, 0.2) is 36.4 Å². The lowest BCUT2D eigenvalue weighted by Crippen LogP contribution is -2.10. The predicted octanol–water partition coefficient (Wildman–Crippen LogP) is 4.22. The first kappa shape index (κ1) is 18.4. The lowest BCUT2D eigenvalue weighted by atomic mass is 10.2. The van der Waals surface area contributed by atoms with E-state index in [2.05, 4.69) is 5.32 Å². The largest absolute Gasteiger partial charge is 0.490 e. The Balaban J connectivity index is 1.89. The minimum Gasteiger partial charge on any atom is -0.490 e. The molecule has 0 saturated carbocycles. The van der Waals surface area contributed by atoms with Crippen LogP contribution in [0.3, 0.4) is 0 Å². The molecule has 0 spiro atoms. The van der Waals surface area contributed by atoms with Gasteiger partial charge in [-0.25, -0.2) is 0 Å². The van der Waals surface area contributed by atoms with Crippen LogP contribution in [0.5, 0.6) is 17.2 Å². The Morgan fingerprint density at radius 3 is 2.46 bits per heavy atom. The Hall–Kier alpha value is -1.91. The lowest BCUT2D eigenvalue weighted by Gasteiger charge is -2.14. The van der Waals surface area contributed by atoms with Gasteiger partial charge >= 0.3 is 0 Å². The van der Waals surface area contributed by atoms with Crippen LogP contribution in [0.1, 0.15) is 18.1 Å². The van der Waals surface area contributed by atoms with E-state index in [1.54, 1.807) is 0 Å². The Kier molecular flexibility index (Phi) is 7.22. The van der Waals surface area contributed by atoms with Crippen LogP contribution in [-0.4, -0.2) is 26.9 Å². The van der Waals surface area contributed by atoms with E-state index in [1.165, 1.54) is 0 Å². The zero-order valence-corrected chi connectivity index (χ0v) is 15.2. The molecule has 1 N–H and O–H groups in total. The summed E-state index contributed by atoms with van der Waals surface area (Å²) in [5, 5.41) is 3.86. The Labute approximate surface area is 148 Å². The van der Waals surface area contributed by atoms with E-state index in [0.29, 0.717) is 19.8 Å². The summed E-state index contributed by atoms with van der Waals surface area (Å²) in [4.78, 5) is 0. The maximum Gasteiger partial charge on any atom is 0.161 e. The second-order valence-corrected chi connectivity index (χ2v) is 5.76. The summed E-state index contributed by atoms with van der Waals surface area (Å²) >= 11 is 6.01. The van der Waals surface area contributed by atoms with Crippen LogP contribution in [-0.2, 0) is 6.54 Å². The molecule has 0 unspecified atom stereocenters. The zero-order chi connectivity index (χ0) is 17.4. The Bertz CT molecular complexity index is 661. The summed E-state index contributed by atoms with van der Waals surface area (Å²) in [6.45, 7) is 6.19. The van der Waals surface area contributed by atoms with Gasteiger partial charge in [0.05, 0.1) is 6.61 Å². The van der Waals surface area contributed by atoms with Gasteiger partial charge in [-0.3, -0.25) is 0 Å². The monoisotopic (exact) mass is 349 g/mol. The van der Waals surface area contributed by atoms with Gasteiger partial charge in [0, 0.05) is 11.6 Å². The minimum absolute atomic E-state index is 0.438. The highest BCUT2D eigenvalue weighted by Gasteiger charge is 2.07. The van der Waals surface area contributed by atoms with Crippen LogP contribution in [0.2, 0.25) is 5.02 Å². The summed E-state index contributed by atoms with van der Waals surface area (Å²) in [5.74, 6) is 2.27. The quantitative estimate of drug-likeness (QED) is 0.688. The van der Waals surface area contributed by atoms with Gasteiger partial charge in [-0.1, -0.05) is 17.7 Å². The van der Waals surface area contributed by atoms with E-state index in [1.807, 2.05) is 57.3 Å². The number of benzene rings is 2. The van der Waals surface area contributed by atoms with Gasteiger partial charge in [-0.2, -0.15) is 0 Å². The first-order chi connectivity index (χ1) is 11.6. The number of rotatable bonds is 9. The summed E-state index contributed by atoms with van der Waals surface area (Å²) in [6, 6.07) is 11.6. The molecule has 0 fully saturated rings. The smallest absolute Gasteiger partial charge is 0.161 e. The maximum atomic E-state index is 6.01. The van der Waals surface area contributed by atoms with Crippen molar-refractivity contribution in [1.82, 2.24) is 5.32 Å². The van der Waals surface area contributed by atoms with Crippen molar-refractivity contribution in [3.8, 4) is 17.2 Å². The highest BCUT2D eigenvalue weighted by molar-refractivity contribution is 6.31. The van der Waals surface area contributed by atoms with Gasteiger partial charge in [-0.15, -0.1) is 0 Å². The maximum absolute atomic E-state index is 6.01. The van der Waals surface area contributed by atoms with Crippen molar-refractivity contribution in [3.63, 3.8) is 0 Å². The molecule has 0 aromatic heterocycles.